The van der Waals surface area contributed by atoms with Crippen LogP contribution in [-0.4, -0.2) is 50.0 Å². The van der Waals surface area contributed by atoms with Gasteiger partial charge in [0.15, 0.2) is 0 Å². The van der Waals surface area contributed by atoms with Crippen LogP contribution in [0.25, 0.3) is 0 Å². The number of sulfonamides is 1. The second-order valence-corrected chi connectivity index (χ2v) is 11.7. The molecule has 3 aromatic carbocycles. The standard InChI is InChI=1S/C29H33ClFN3O4S/c1-4-21(2)32-29(36)27(18-22-12-6-5-7-13-22)33(19-23-14-8-9-15-24(23)30)28(35)20-34(39(3,37)38)26-17-11-10-16-25(26)31/h5-17,21,27H,4,18-20H2,1-3H3,(H,32,36)/t21-,27+/m0/s1. The lowest BCUT2D eigenvalue weighted by atomic mass is 10.0. The number of amides is 2. The van der Waals surface area contributed by atoms with Crippen molar-refractivity contribution in [1.29, 1.82) is 0 Å². The molecule has 3 rings (SSSR count). The SMILES string of the molecule is CC[C@H](C)NC(=O)[C@@H](Cc1ccccc1)N(Cc1ccccc1Cl)C(=O)CN(c1ccccc1F)S(C)(=O)=O. The molecule has 3 aromatic rings. The topological polar surface area (TPSA) is 86.8 Å². The van der Waals surface area contributed by atoms with Gasteiger partial charge in [0.25, 0.3) is 0 Å². The summed E-state index contributed by atoms with van der Waals surface area (Å²) in [6.45, 7) is 3.04. The summed E-state index contributed by atoms with van der Waals surface area (Å²) in [6.07, 6.45) is 1.76. The zero-order valence-electron chi connectivity index (χ0n) is 22.2. The monoisotopic (exact) mass is 573 g/mol. The number of hydrogen-bond acceptors (Lipinski definition) is 4. The molecule has 2 atom stereocenters. The Morgan fingerprint density at radius 3 is 2.21 bits per heavy atom. The molecule has 0 fully saturated rings. The molecule has 7 nitrogen and oxygen atoms in total. The first-order valence-corrected chi connectivity index (χ1v) is 14.8. The number of nitrogens with zero attached hydrogens (tertiary/aromatic N) is 2. The van der Waals surface area contributed by atoms with Gasteiger partial charge in [-0.1, -0.05) is 79.2 Å². The Labute approximate surface area is 234 Å². The van der Waals surface area contributed by atoms with Gasteiger partial charge < -0.3 is 10.2 Å². The number of benzene rings is 3. The van der Waals surface area contributed by atoms with Gasteiger partial charge in [-0.05, 0) is 42.7 Å². The number of hydrogen-bond donors (Lipinski definition) is 1. The van der Waals surface area contributed by atoms with E-state index in [1.165, 1.54) is 23.1 Å². The summed E-state index contributed by atoms with van der Waals surface area (Å²) in [5.74, 6) is -1.85. The maximum Gasteiger partial charge on any atom is 0.244 e. The van der Waals surface area contributed by atoms with Gasteiger partial charge in [-0.2, -0.15) is 0 Å². The molecule has 0 bridgehead atoms. The Kier molecular flexibility index (Phi) is 10.5. The van der Waals surface area contributed by atoms with Crippen LogP contribution >= 0.6 is 11.6 Å². The fourth-order valence-electron chi connectivity index (χ4n) is 4.05. The van der Waals surface area contributed by atoms with E-state index in [-0.39, 0.29) is 30.6 Å². The minimum atomic E-state index is -4.06. The first kappa shape index (κ1) is 30.1. The highest BCUT2D eigenvalue weighted by atomic mass is 35.5. The van der Waals surface area contributed by atoms with Crippen LogP contribution in [0.4, 0.5) is 10.1 Å². The molecule has 0 aromatic heterocycles. The van der Waals surface area contributed by atoms with Gasteiger partial charge in [-0.3, -0.25) is 13.9 Å². The summed E-state index contributed by atoms with van der Waals surface area (Å²) in [7, 11) is -4.06. The van der Waals surface area contributed by atoms with Crippen LogP contribution in [0.15, 0.2) is 78.9 Å². The number of anilines is 1. The Hall–Kier alpha value is -3.43. The maximum atomic E-state index is 14.7. The molecular formula is C29H33ClFN3O4S. The summed E-state index contributed by atoms with van der Waals surface area (Å²) in [5, 5.41) is 3.35. The largest absolute Gasteiger partial charge is 0.352 e. The van der Waals surface area contributed by atoms with E-state index in [0.29, 0.717) is 17.0 Å². The van der Waals surface area contributed by atoms with E-state index in [1.54, 1.807) is 24.3 Å². The molecule has 10 heteroatoms. The maximum absolute atomic E-state index is 14.7. The average Bonchev–Trinajstić information content (AvgIpc) is 2.90. The van der Waals surface area contributed by atoms with Crippen molar-refractivity contribution >= 4 is 39.1 Å². The van der Waals surface area contributed by atoms with Gasteiger partial charge in [0, 0.05) is 24.0 Å². The minimum absolute atomic E-state index is 0.0567. The number of carbonyl (C=O) groups is 2. The Bertz CT molecular complexity index is 1390. The first-order valence-electron chi connectivity index (χ1n) is 12.6. The average molecular weight is 574 g/mol. The van der Waals surface area contributed by atoms with Crippen LogP contribution < -0.4 is 9.62 Å². The van der Waals surface area contributed by atoms with Gasteiger partial charge >= 0.3 is 0 Å². The van der Waals surface area contributed by atoms with E-state index in [0.717, 1.165) is 22.2 Å². The zero-order valence-corrected chi connectivity index (χ0v) is 23.8. The number of para-hydroxylation sites is 1. The van der Waals surface area contributed by atoms with Crippen molar-refractivity contribution < 1.29 is 22.4 Å². The van der Waals surface area contributed by atoms with E-state index < -0.39 is 34.3 Å². The van der Waals surface area contributed by atoms with Crippen LogP contribution in [-0.2, 0) is 32.6 Å². The molecular weight excluding hydrogens is 541 g/mol. The highest BCUT2D eigenvalue weighted by molar-refractivity contribution is 7.92. The summed E-state index contributed by atoms with van der Waals surface area (Å²) < 4.78 is 40.8. The molecule has 208 valence electrons. The van der Waals surface area contributed by atoms with E-state index in [4.69, 9.17) is 11.6 Å². The number of nitrogens with one attached hydrogen (secondary N) is 1. The first-order chi connectivity index (χ1) is 18.5. The Balaban J connectivity index is 2.08. The third kappa shape index (κ3) is 8.28. The van der Waals surface area contributed by atoms with Crippen LogP contribution in [0.5, 0.6) is 0 Å². The third-order valence-electron chi connectivity index (χ3n) is 6.37. The molecule has 0 aliphatic carbocycles. The second-order valence-electron chi connectivity index (χ2n) is 9.36. The third-order valence-corrected chi connectivity index (χ3v) is 7.87. The minimum Gasteiger partial charge on any atom is -0.352 e. The van der Waals surface area contributed by atoms with Gasteiger partial charge in [0.2, 0.25) is 21.8 Å². The molecule has 1 N–H and O–H groups in total. The van der Waals surface area contributed by atoms with Gasteiger partial charge in [-0.25, -0.2) is 12.8 Å². The van der Waals surface area contributed by atoms with Crippen molar-refractivity contribution in [1.82, 2.24) is 10.2 Å². The summed E-state index contributed by atoms with van der Waals surface area (Å²) in [5.41, 5.74) is 1.14. The fourth-order valence-corrected chi connectivity index (χ4v) is 5.10. The van der Waals surface area contributed by atoms with Crippen molar-refractivity contribution in [3.05, 3.63) is 101 Å². The van der Waals surface area contributed by atoms with Crippen LogP contribution in [0.3, 0.4) is 0 Å². The predicted octanol–water partition coefficient (Wildman–Crippen LogP) is 4.80. The van der Waals surface area contributed by atoms with Gasteiger partial charge in [-0.15, -0.1) is 0 Å². The molecule has 0 saturated carbocycles. The van der Waals surface area contributed by atoms with Crippen molar-refractivity contribution in [2.75, 3.05) is 17.1 Å². The van der Waals surface area contributed by atoms with Crippen molar-refractivity contribution in [2.24, 2.45) is 0 Å². The molecule has 2 amide bonds. The molecule has 39 heavy (non-hydrogen) atoms. The lowest BCUT2D eigenvalue weighted by Crippen LogP contribution is -2.54. The van der Waals surface area contributed by atoms with E-state index >= 15 is 0 Å². The summed E-state index contributed by atoms with van der Waals surface area (Å²) in [6, 6.07) is 20.3. The van der Waals surface area contributed by atoms with E-state index in [1.807, 2.05) is 44.2 Å². The predicted molar refractivity (Wildman–Crippen MR) is 152 cm³/mol. The molecule has 0 heterocycles. The van der Waals surface area contributed by atoms with Crippen LogP contribution in [0.2, 0.25) is 5.02 Å². The van der Waals surface area contributed by atoms with Crippen LogP contribution in [0.1, 0.15) is 31.4 Å². The lowest BCUT2D eigenvalue weighted by molar-refractivity contribution is -0.140. The second kappa shape index (κ2) is 13.6. The molecule has 0 saturated heterocycles. The molecule has 0 aliphatic heterocycles. The van der Waals surface area contributed by atoms with E-state index in [9.17, 15) is 22.4 Å². The quantitative estimate of drug-likeness (QED) is 0.337. The number of halogens is 2. The number of carbonyl (C=O) groups excluding carboxylic acids is 2. The van der Waals surface area contributed by atoms with Gasteiger partial charge in [0.1, 0.15) is 18.4 Å². The molecule has 0 spiro atoms. The highest BCUT2D eigenvalue weighted by Crippen LogP contribution is 2.24. The lowest BCUT2D eigenvalue weighted by Gasteiger charge is -2.34. The van der Waals surface area contributed by atoms with Crippen molar-refractivity contribution in [2.45, 2.75) is 45.3 Å². The van der Waals surface area contributed by atoms with E-state index in [2.05, 4.69) is 5.32 Å². The smallest absolute Gasteiger partial charge is 0.244 e. The molecule has 0 radical (unpaired) electrons. The number of rotatable bonds is 12. The van der Waals surface area contributed by atoms with Gasteiger partial charge in [0.05, 0.1) is 11.9 Å². The fraction of sp³-hybridized carbons (Fsp3) is 0.310. The highest BCUT2D eigenvalue weighted by Gasteiger charge is 2.34. The van der Waals surface area contributed by atoms with Crippen molar-refractivity contribution in [3.63, 3.8) is 0 Å². The summed E-state index contributed by atoms with van der Waals surface area (Å²) in [4.78, 5) is 28.9. The zero-order chi connectivity index (χ0) is 28.6. The molecule has 0 unspecified atom stereocenters. The van der Waals surface area contributed by atoms with Crippen LogP contribution in [0, 0.1) is 5.82 Å². The van der Waals surface area contributed by atoms with Crippen molar-refractivity contribution in [3.8, 4) is 0 Å². The normalized spacial score (nSPS) is 12.8. The molecule has 0 aliphatic rings. The Morgan fingerprint density at radius 2 is 1.59 bits per heavy atom. The Morgan fingerprint density at radius 1 is 0.974 bits per heavy atom. The summed E-state index contributed by atoms with van der Waals surface area (Å²) >= 11 is 6.42.